The summed E-state index contributed by atoms with van der Waals surface area (Å²) in [6.07, 6.45) is 5.14. The molecule has 1 amide bonds. The van der Waals surface area contributed by atoms with Gasteiger partial charge in [-0.2, -0.15) is 0 Å². The van der Waals surface area contributed by atoms with Crippen LogP contribution >= 0.6 is 0 Å². The van der Waals surface area contributed by atoms with Crippen LogP contribution in [0.15, 0.2) is 42.5 Å². The third-order valence-corrected chi connectivity index (χ3v) is 5.41. The van der Waals surface area contributed by atoms with E-state index in [1.807, 2.05) is 42.2 Å². The largest absolute Gasteiger partial charge is 0.465 e. The number of ether oxygens (including phenoxy) is 2. The lowest BCUT2D eigenvalue weighted by Crippen LogP contribution is -2.40. The number of carbonyl (C=O) groups is 2. The average Bonchev–Trinajstić information content (AvgIpc) is 3.27. The summed E-state index contributed by atoms with van der Waals surface area (Å²) in [5, 5.41) is 0. The van der Waals surface area contributed by atoms with E-state index in [0.29, 0.717) is 19.7 Å². The molecule has 0 saturated carbocycles. The van der Waals surface area contributed by atoms with Crippen molar-refractivity contribution in [1.29, 1.82) is 0 Å². The van der Waals surface area contributed by atoms with Crippen molar-refractivity contribution in [2.45, 2.75) is 31.5 Å². The Hall–Kier alpha value is -2.14. The number of hydrogen-bond donors (Lipinski definition) is 0. The minimum Gasteiger partial charge on any atom is -0.465 e. The van der Waals surface area contributed by atoms with Gasteiger partial charge in [0, 0.05) is 6.54 Å². The minimum atomic E-state index is -0.645. The SMILES string of the molecule is CCCOC(=O)C1[C@@H]2C=C[C@]3(CN(CCc4ccccc4)C(=O)[C@H]13)O2. The quantitative estimate of drug-likeness (QED) is 0.586. The fraction of sp³-hybridized carbons (Fsp3) is 0.500. The van der Waals surface area contributed by atoms with Crippen LogP contribution in [-0.4, -0.2) is 48.2 Å². The first-order valence-electron chi connectivity index (χ1n) is 9.01. The number of amides is 1. The predicted octanol–water partition coefficient (Wildman–Crippen LogP) is 1.96. The molecule has 2 saturated heterocycles. The van der Waals surface area contributed by atoms with Crippen LogP contribution in [0.4, 0.5) is 0 Å². The summed E-state index contributed by atoms with van der Waals surface area (Å²) in [6.45, 7) is 3.50. The number of benzene rings is 1. The van der Waals surface area contributed by atoms with Crippen molar-refractivity contribution < 1.29 is 19.1 Å². The smallest absolute Gasteiger partial charge is 0.312 e. The van der Waals surface area contributed by atoms with Crippen LogP contribution in [0, 0.1) is 11.8 Å². The predicted molar refractivity (Wildman–Crippen MR) is 91.7 cm³/mol. The zero-order chi connectivity index (χ0) is 17.4. The maximum atomic E-state index is 13.0. The van der Waals surface area contributed by atoms with E-state index in [1.54, 1.807) is 0 Å². The molecule has 132 valence electrons. The third-order valence-electron chi connectivity index (χ3n) is 5.41. The monoisotopic (exact) mass is 341 g/mol. The van der Waals surface area contributed by atoms with E-state index in [4.69, 9.17) is 9.47 Å². The maximum Gasteiger partial charge on any atom is 0.312 e. The zero-order valence-electron chi connectivity index (χ0n) is 14.4. The first-order chi connectivity index (χ1) is 12.1. The van der Waals surface area contributed by atoms with E-state index < -0.39 is 17.4 Å². The van der Waals surface area contributed by atoms with Gasteiger partial charge in [-0.25, -0.2) is 0 Å². The van der Waals surface area contributed by atoms with E-state index >= 15 is 0 Å². The summed E-state index contributed by atoms with van der Waals surface area (Å²) in [4.78, 5) is 27.3. The van der Waals surface area contributed by atoms with Crippen molar-refractivity contribution in [2.24, 2.45) is 11.8 Å². The normalized spacial score (nSPS) is 32.3. The molecule has 0 aliphatic carbocycles. The Labute approximate surface area is 147 Å². The molecule has 4 atom stereocenters. The van der Waals surface area contributed by atoms with E-state index in [-0.39, 0.29) is 18.0 Å². The van der Waals surface area contributed by atoms with Crippen molar-refractivity contribution in [3.63, 3.8) is 0 Å². The van der Waals surface area contributed by atoms with Crippen molar-refractivity contribution in [3.8, 4) is 0 Å². The molecule has 1 aromatic carbocycles. The molecule has 1 unspecified atom stereocenters. The summed E-state index contributed by atoms with van der Waals surface area (Å²) in [5.41, 5.74) is 0.554. The minimum absolute atomic E-state index is 0.0150. The van der Waals surface area contributed by atoms with Crippen molar-refractivity contribution in [2.75, 3.05) is 19.7 Å². The lowest BCUT2D eigenvalue weighted by Gasteiger charge is -2.22. The van der Waals surface area contributed by atoms with Gasteiger partial charge in [-0.05, 0) is 18.4 Å². The van der Waals surface area contributed by atoms with Gasteiger partial charge in [0.2, 0.25) is 5.91 Å². The highest BCUT2D eigenvalue weighted by Gasteiger charge is 2.67. The molecule has 25 heavy (non-hydrogen) atoms. The summed E-state index contributed by atoms with van der Waals surface area (Å²) in [5.74, 6) is -1.24. The van der Waals surface area contributed by atoms with Crippen LogP contribution in [0.25, 0.3) is 0 Å². The van der Waals surface area contributed by atoms with Crippen molar-refractivity contribution >= 4 is 11.9 Å². The fourth-order valence-corrected chi connectivity index (χ4v) is 4.24. The number of esters is 1. The van der Waals surface area contributed by atoms with Gasteiger partial charge in [-0.1, -0.05) is 49.4 Å². The molecule has 5 heteroatoms. The Bertz CT molecular complexity index is 701. The van der Waals surface area contributed by atoms with Gasteiger partial charge in [0.25, 0.3) is 0 Å². The van der Waals surface area contributed by atoms with Gasteiger partial charge >= 0.3 is 5.97 Å². The second kappa shape index (κ2) is 6.30. The first-order valence-corrected chi connectivity index (χ1v) is 9.01. The molecule has 3 aliphatic rings. The molecule has 4 rings (SSSR count). The second-order valence-electron chi connectivity index (χ2n) is 7.06. The lowest BCUT2D eigenvalue weighted by molar-refractivity contribution is -0.153. The van der Waals surface area contributed by atoms with Gasteiger partial charge in [0.1, 0.15) is 11.5 Å². The molecule has 3 heterocycles. The van der Waals surface area contributed by atoms with Crippen LogP contribution in [0.5, 0.6) is 0 Å². The highest BCUT2D eigenvalue weighted by Crippen LogP contribution is 2.52. The molecule has 2 fully saturated rings. The number of nitrogens with zero attached hydrogens (tertiary/aromatic N) is 1. The molecule has 2 bridgehead atoms. The van der Waals surface area contributed by atoms with Gasteiger partial charge in [0.15, 0.2) is 0 Å². The number of fused-ring (bicyclic) bond motifs is 1. The highest BCUT2D eigenvalue weighted by molar-refractivity contribution is 5.91. The topological polar surface area (TPSA) is 55.8 Å². The van der Waals surface area contributed by atoms with Gasteiger partial charge in [-0.3, -0.25) is 9.59 Å². The van der Waals surface area contributed by atoms with Gasteiger partial charge in [0.05, 0.1) is 25.2 Å². The number of likely N-dealkylation sites (tertiary alicyclic amines) is 1. The Morgan fingerprint density at radius 1 is 1.36 bits per heavy atom. The summed E-state index contributed by atoms with van der Waals surface area (Å²) >= 11 is 0. The molecule has 5 nitrogen and oxygen atoms in total. The van der Waals surface area contributed by atoms with E-state index in [0.717, 1.165) is 12.8 Å². The number of rotatable bonds is 6. The first kappa shape index (κ1) is 16.3. The molecule has 1 spiro atoms. The highest BCUT2D eigenvalue weighted by atomic mass is 16.6. The molecular weight excluding hydrogens is 318 g/mol. The molecule has 0 radical (unpaired) electrons. The number of carbonyl (C=O) groups excluding carboxylic acids is 2. The van der Waals surface area contributed by atoms with Crippen LogP contribution < -0.4 is 0 Å². The maximum absolute atomic E-state index is 13.0. The Kier molecular flexibility index (Phi) is 4.12. The zero-order valence-corrected chi connectivity index (χ0v) is 14.4. The molecule has 0 N–H and O–H groups in total. The van der Waals surface area contributed by atoms with Crippen LogP contribution in [-0.2, 0) is 25.5 Å². The van der Waals surface area contributed by atoms with Gasteiger partial charge < -0.3 is 14.4 Å². The van der Waals surface area contributed by atoms with E-state index in [2.05, 4.69) is 12.1 Å². The van der Waals surface area contributed by atoms with Crippen molar-refractivity contribution in [3.05, 3.63) is 48.0 Å². The Balaban J connectivity index is 1.48. The average molecular weight is 341 g/mol. The fourth-order valence-electron chi connectivity index (χ4n) is 4.24. The lowest BCUT2D eigenvalue weighted by atomic mass is 9.77. The Morgan fingerprint density at radius 2 is 2.16 bits per heavy atom. The summed E-state index contributed by atoms with van der Waals surface area (Å²) < 4.78 is 11.4. The van der Waals surface area contributed by atoms with Crippen LogP contribution in [0.3, 0.4) is 0 Å². The van der Waals surface area contributed by atoms with Crippen LogP contribution in [0.2, 0.25) is 0 Å². The molecule has 1 aromatic rings. The van der Waals surface area contributed by atoms with Crippen molar-refractivity contribution in [1.82, 2.24) is 4.90 Å². The Morgan fingerprint density at radius 3 is 2.92 bits per heavy atom. The third kappa shape index (κ3) is 2.67. The molecule has 0 aromatic heterocycles. The molecular formula is C20H23NO4. The second-order valence-corrected chi connectivity index (χ2v) is 7.06. The molecule has 3 aliphatic heterocycles. The van der Waals surface area contributed by atoms with Crippen LogP contribution in [0.1, 0.15) is 18.9 Å². The van der Waals surface area contributed by atoms with E-state index in [9.17, 15) is 9.59 Å². The van der Waals surface area contributed by atoms with Gasteiger partial charge in [-0.15, -0.1) is 0 Å². The number of hydrogen-bond acceptors (Lipinski definition) is 4. The summed E-state index contributed by atoms with van der Waals surface area (Å²) in [7, 11) is 0. The summed E-state index contributed by atoms with van der Waals surface area (Å²) in [6, 6.07) is 10.1. The standard InChI is InChI=1S/C20H23NO4/c1-2-12-24-19(23)16-15-8-10-20(25-15)13-21(18(22)17(16)20)11-9-14-6-4-3-5-7-14/h3-8,10,15-17H,2,9,11-13H2,1H3/t15-,16?,17-,20+/m0/s1. The van der Waals surface area contributed by atoms with E-state index in [1.165, 1.54) is 5.56 Å².